The van der Waals surface area contributed by atoms with Crippen LogP contribution in [0.4, 0.5) is 11.5 Å². The van der Waals surface area contributed by atoms with E-state index in [0.29, 0.717) is 27.8 Å². The molecular weight excluding hydrogens is 432 g/mol. The number of carbonyl (C=O) groups is 3. The standard InChI is InChI=1S/C23H21ClN4O4/c1-13(29)14-5-9-17(10-6-14)25-20(30)11-19-23(31)26-22-21(15-3-7-16(24)8-4-15)18(12-32-2)27-28(19)22/h3-10,19H,11-12H2,1-2H3,(H,25,30)(H,26,31). The van der Waals surface area contributed by atoms with E-state index in [-0.39, 0.29) is 30.6 Å². The third-order valence-corrected chi connectivity index (χ3v) is 5.44. The number of amides is 2. The van der Waals surface area contributed by atoms with Crippen molar-refractivity contribution in [3.05, 3.63) is 64.8 Å². The van der Waals surface area contributed by atoms with Gasteiger partial charge in [0.15, 0.2) is 5.78 Å². The minimum absolute atomic E-state index is 0.0555. The summed E-state index contributed by atoms with van der Waals surface area (Å²) in [4.78, 5) is 36.7. The van der Waals surface area contributed by atoms with Crippen LogP contribution in [0.5, 0.6) is 0 Å². The highest BCUT2D eigenvalue weighted by molar-refractivity contribution is 6.30. The maximum Gasteiger partial charge on any atom is 0.251 e. The number of methoxy groups -OCH3 is 1. The summed E-state index contributed by atoms with van der Waals surface area (Å²) in [6, 6.07) is 13.0. The Morgan fingerprint density at radius 3 is 2.47 bits per heavy atom. The topological polar surface area (TPSA) is 102 Å². The molecule has 9 heteroatoms. The normalized spacial score (nSPS) is 14.7. The van der Waals surface area contributed by atoms with Crippen LogP contribution < -0.4 is 10.6 Å². The van der Waals surface area contributed by atoms with E-state index in [1.807, 2.05) is 12.1 Å². The molecule has 32 heavy (non-hydrogen) atoms. The number of Topliss-reactive ketones (excluding diaryl/α,β-unsaturated/α-hetero) is 1. The van der Waals surface area contributed by atoms with Crippen LogP contribution in [0.15, 0.2) is 48.5 Å². The molecule has 0 radical (unpaired) electrons. The van der Waals surface area contributed by atoms with Crippen LogP contribution >= 0.6 is 11.6 Å². The fraction of sp³-hybridized carbons (Fsp3) is 0.217. The maximum atomic E-state index is 12.7. The summed E-state index contributed by atoms with van der Waals surface area (Å²) < 4.78 is 6.82. The highest BCUT2D eigenvalue weighted by atomic mass is 35.5. The van der Waals surface area contributed by atoms with Crippen LogP contribution in [-0.4, -0.2) is 34.5 Å². The summed E-state index contributed by atoms with van der Waals surface area (Å²) >= 11 is 6.01. The van der Waals surface area contributed by atoms with Crippen molar-refractivity contribution in [3.8, 4) is 11.1 Å². The summed E-state index contributed by atoms with van der Waals surface area (Å²) in [5.41, 5.74) is 3.31. The zero-order valence-electron chi connectivity index (χ0n) is 17.5. The molecule has 1 atom stereocenters. The average Bonchev–Trinajstić information content (AvgIpc) is 3.24. The third kappa shape index (κ3) is 4.28. The van der Waals surface area contributed by atoms with Crippen LogP contribution in [0.3, 0.4) is 0 Å². The molecule has 2 aromatic carbocycles. The number of benzene rings is 2. The second kappa shape index (κ2) is 8.94. The van der Waals surface area contributed by atoms with Crippen LogP contribution in [0.1, 0.15) is 35.4 Å². The van der Waals surface area contributed by atoms with E-state index in [0.717, 1.165) is 11.1 Å². The zero-order valence-corrected chi connectivity index (χ0v) is 18.3. The van der Waals surface area contributed by atoms with Gasteiger partial charge in [-0.1, -0.05) is 23.7 Å². The number of hydrogen-bond acceptors (Lipinski definition) is 5. The Kier molecular flexibility index (Phi) is 6.07. The van der Waals surface area contributed by atoms with Crippen LogP contribution in [0.2, 0.25) is 5.02 Å². The van der Waals surface area contributed by atoms with E-state index in [1.54, 1.807) is 48.2 Å². The van der Waals surface area contributed by atoms with Gasteiger partial charge in [0, 0.05) is 28.9 Å². The molecule has 3 aromatic rings. The molecule has 0 aliphatic carbocycles. The lowest BCUT2D eigenvalue weighted by molar-refractivity contribution is -0.123. The number of ketones is 1. The molecule has 0 fully saturated rings. The molecule has 4 rings (SSSR count). The lowest BCUT2D eigenvalue weighted by Crippen LogP contribution is -2.24. The van der Waals surface area contributed by atoms with Gasteiger partial charge in [0.1, 0.15) is 11.9 Å². The molecule has 2 N–H and O–H groups in total. The van der Waals surface area contributed by atoms with Gasteiger partial charge in [-0.3, -0.25) is 14.4 Å². The number of aromatic nitrogens is 2. The van der Waals surface area contributed by atoms with Gasteiger partial charge in [0.25, 0.3) is 5.91 Å². The van der Waals surface area contributed by atoms with Crippen molar-refractivity contribution in [2.45, 2.75) is 26.0 Å². The molecule has 2 heterocycles. The van der Waals surface area contributed by atoms with Gasteiger partial charge in [0.05, 0.1) is 18.7 Å². The minimum atomic E-state index is -0.793. The van der Waals surface area contributed by atoms with Crippen molar-refractivity contribution >= 4 is 40.7 Å². The fourth-order valence-corrected chi connectivity index (χ4v) is 3.78. The number of carbonyl (C=O) groups excluding carboxylic acids is 3. The van der Waals surface area contributed by atoms with Gasteiger partial charge < -0.3 is 15.4 Å². The number of nitrogens with one attached hydrogen (secondary N) is 2. The monoisotopic (exact) mass is 452 g/mol. The first-order valence-electron chi connectivity index (χ1n) is 9.95. The first-order valence-corrected chi connectivity index (χ1v) is 10.3. The summed E-state index contributed by atoms with van der Waals surface area (Å²) in [6.45, 7) is 1.72. The average molecular weight is 453 g/mol. The first kappa shape index (κ1) is 21.7. The quantitative estimate of drug-likeness (QED) is 0.526. The molecule has 1 aliphatic rings. The van der Waals surface area contributed by atoms with Crippen molar-refractivity contribution < 1.29 is 19.1 Å². The molecule has 8 nitrogen and oxygen atoms in total. The van der Waals surface area contributed by atoms with Crippen molar-refractivity contribution in [1.82, 2.24) is 9.78 Å². The van der Waals surface area contributed by atoms with Gasteiger partial charge in [-0.2, -0.15) is 5.10 Å². The Balaban J connectivity index is 1.57. The van der Waals surface area contributed by atoms with E-state index >= 15 is 0 Å². The maximum absolute atomic E-state index is 12.7. The SMILES string of the molecule is COCc1nn2c(c1-c1ccc(Cl)cc1)NC(=O)C2CC(=O)Nc1ccc(C(C)=O)cc1. The molecule has 0 saturated heterocycles. The smallest absolute Gasteiger partial charge is 0.251 e. The number of hydrogen-bond donors (Lipinski definition) is 2. The Hall–Kier alpha value is -3.49. The van der Waals surface area contributed by atoms with E-state index < -0.39 is 6.04 Å². The lowest BCUT2D eigenvalue weighted by Gasteiger charge is -2.10. The first-order chi connectivity index (χ1) is 15.4. The van der Waals surface area contributed by atoms with Crippen LogP contribution in [0.25, 0.3) is 11.1 Å². The van der Waals surface area contributed by atoms with Crippen molar-refractivity contribution in [1.29, 1.82) is 0 Å². The lowest BCUT2D eigenvalue weighted by atomic mass is 10.1. The van der Waals surface area contributed by atoms with E-state index in [9.17, 15) is 14.4 Å². The fourth-order valence-electron chi connectivity index (χ4n) is 3.65. The molecule has 0 bridgehead atoms. The van der Waals surface area contributed by atoms with Gasteiger partial charge >= 0.3 is 0 Å². The largest absolute Gasteiger partial charge is 0.378 e. The molecule has 1 unspecified atom stereocenters. The molecule has 1 aromatic heterocycles. The number of ether oxygens (including phenoxy) is 1. The Morgan fingerprint density at radius 1 is 1.16 bits per heavy atom. The number of anilines is 2. The molecule has 0 saturated carbocycles. The number of halogens is 1. The summed E-state index contributed by atoms with van der Waals surface area (Å²) in [7, 11) is 1.57. The summed E-state index contributed by atoms with van der Waals surface area (Å²) in [5.74, 6) is -0.188. The summed E-state index contributed by atoms with van der Waals surface area (Å²) in [5, 5.41) is 10.8. The van der Waals surface area contributed by atoms with Gasteiger partial charge in [-0.15, -0.1) is 0 Å². The van der Waals surface area contributed by atoms with Gasteiger partial charge in [-0.05, 0) is 48.9 Å². The van der Waals surface area contributed by atoms with Crippen LogP contribution in [0, 0.1) is 0 Å². The van der Waals surface area contributed by atoms with Crippen molar-refractivity contribution in [2.75, 3.05) is 17.7 Å². The molecule has 0 spiro atoms. The second-order valence-corrected chi connectivity index (χ2v) is 7.88. The number of nitrogens with zero attached hydrogens (tertiary/aromatic N) is 2. The summed E-state index contributed by atoms with van der Waals surface area (Å²) in [6.07, 6.45) is -0.0958. The predicted octanol–water partition coefficient (Wildman–Crippen LogP) is 4.07. The highest BCUT2D eigenvalue weighted by Gasteiger charge is 2.37. The van der Waals surface area contributed by atoms with Crippen LogP contribution in [-0.2, 0) is 20.9 Å². The Labute approximate surface area is 189 Å². The Morgan fingerprint density at radius 2 is 1.84 bits per heavy atom. The van der Waals surface area contributed by atoms with Crippen molar-refractivity contribution in [2.24, 2.45) is 0 Å². The van der Waals surface area contributed by atoms with E-state index in [4.69, 9.17) is 16.3 Å². The highest BCUT2D eigenvalue weighted by Crippen LogP contribution is 2.39. The van der Waals surface area contributed by atoms with E-state index in [1.165, 1.54) is 6.92 Å². The zero-order chi connectivity index (χ0) is 22.8. The van der Waals surface area contributed by atoms with Crippen molar-refractivity contribution in [3.63, 3.8) is 0 Å². The molecular formula is C23H21ClN4O4. The number of fused-ring (bicyclic) bond motifs is 1. The molecule has 1 aliphatic heterocycles. The minimum Gasteiger partial charge on any atom is -0.378 e. The van der Waals surface area contributed by atoms with E-state index in [2.05, 4.69) is 15.7 Å². The molecule has 2 amide bonds. The Bertz CT molecular complexity index is 1190. The second-order valence-electron chi connectivity index (χ2n) is 7.45. The van der Waals surface area contributed by atoms with Gasteiger partial charge in [-0.25, -0.2) is 4.68 Å². The van der Waals surface area contributed by atoms with Gasteiger partial charge in [0.2, 0.25) is 5.91 Å². The molecule has 164 valence electrons. The predicted molar refractivity (Wildman–Crippen MR) is 121 cm³/mol. The number of rotatable bonds is 7. The third-order valence-electron chi connectivity index (χ3n) is 5.19.